The lowest BCUT2D eigenvalue weighted by atomic mass is 9.41. The largest absolute Gasteiger partial charge is 0.353 e. The summed E-state index contributed by atoms with van der Waals surface area (Å²) in [6.07, 6.45) is 2.46. The first-order valence-electron chi connectivity index (χ1n) is 9.94. The van der Waals surface area contributed by atoms with Gasteiger partial charge in [0.15, 0.2) is 12.6 Å². The molecule has 0 amide bonds. The topological polar surface area (TPSA) is 36.9 Å². The predicted octanol–water partition coefficient (Wildman–Crippen LogP) is 4.22. The quantitative estimate of drug-likeness (QED) is 0.558. The third kappa shape index (κ3) is 2.26. The molecule has 4 nitrogen and oxygen atoms in total. The normalized spacial score (nSPS) is 45.0. The van der Waals surface area contributed by atoms with Crippen LogP contribution in [-0.4, -0.2) is 38.0 Å². The molecule has 8 atom stereocenters. The molecule has 0 aromatic carbocycles. The van der Waals surface area contributed by atoms with Crippen molar-refractivity contribution in [3.8, 4) is 0 Å². The minimum Gasteiger partial charge on any atom is -0.353 e. The van der Waals surface area contributed by atoms with Crippen molar-refractivity contribution in [2.45, 2.75) is 86.1 Å². The predicted molar refractivity (Wildman–Crippen MR) is 93.5 cm³/mol. The van der Waals surface area contributed by atoms with E-state index in [0.29, 0.717) is 30.0 Å². The van der Waals surface area contributed by atoms with Crippen LogP contribution in [0.1, 0.15) is 61.3 Å². The van der Waals surface area contributed by atoms with Crippen LogP contribution in [0.4, 0.5) is 0 Å². The molecule has 0 N–H and O–H groups in total. The van der Waals surface area contributed by atoms with Crippen LogP contribution >= 0.6 is 0 Å². The van der Waals surface area contributed by atoms with E-state index in [1.54, 1.807) is 0 Å². The molecule has 3 aliphatic rings. The molecule has 8 unspecified atom stereocenters. The maximum atomic E-state index is 6.36. The average Bonchev–Trinajstić information content (AvgIpc) is 2.95. The Morgan fingerprint density at radius 2 is 1.33 bits per heavy atom. The second-order valence-corrected chi connectivity index (χ2v) is 8.20. The van der Waals surface area contributed by atoms with Crippen LogP contribution in [0.5, 0.6) is 0 Å². The Hall–Kier alpha value is -0.160. The van der Waals surface area contributed by atoms with Gasteiger partial charge in [-0.05, 0) is 51.9 Å². The highest BCUT2D eigenvalue weighted by Gasteiger charge is 2.97. The van der Waals surface area contributed by atoms with Crippen LogP contribution in [0, 0.1) is 28.6 Å². The Kier molecular flexibility index (Phi) is 5.07. The van der Waals surface area contributed by atoms with Crippen LogP contribution in [0.2, 0.25) is 0 Å². The molecule has 0 saturated heterocycles. The lowest BCUT2D eigenvalue weighted by Gasteiger charge is -2.67. The molecule has 0 spiro atoms. The van der Waals surface area contributed by atoms with Crippen molar-refractivity contribution in [3.63, 3.8) is 0 Å². The van der Waals surface area contributed by atoms with Gasteiger partial charge in [0, 0.05) is 24.0 Å². The van der Waals surface area contributed by atoms with E-state index in [0.717, 1.165) is 11.8 Å². The minimum atomic E-state index is -0.171. The molecule has 0 radical (unpaired) electrons. The van der Waals surface area contributed by atoms with Crippen molar-refractivity contribution in [1.82, 2.24) is 0 Å². The highest BCUT2D eigenvalue weighted by molar-refractivity contribution is 5.44. The molecule has 4 heteroatoms. The monoisotopic (exact) mass is 340 g/mol. The van der Waals surface area contributed by atoms with E-state index >= 15 is 0 Å². The summed E-state index contributed by atoms with van der Waals surface area (Å²) in [5.74, 6) is 2.21. The lowest BCUT2D eigenvalue weighted by Crippen LogP contribution is -2.73. The zero-order chi connectivity index (χ0) is 17.7. The number of ether oxygens (including phenoxy) is 4. The summed E-state index contributed by atoms with van der Waals surface area (Å²) in [4.78, 5) is 0. The van der Waals surface area contributed by atoms with Crippen LogP contribution < -0.4 is 0 Å². The number of hydrogen-bond donors (Lipinski definition) is 0. The minimum absolute atomic E-state index is 0.150. The molecule has 3 rings (SSSR count). The fraction of sp³-hybridized carbons (Fsp3) is 1.00. The third-order valence-corrected chi connectivity index (χ3v) is 6.94. The van der Waals surface area contributed by atoms with Gasteiger partial charge in [-0.25, -0.2) is 0 Å². The highest BCUT2D eigenvalue weighted by atomic mass is 16.7. The van der Waals surface area contributed by atoms with Crippen molar-refractivity contribution < 1.29 is 18.9 Å². The summed E-state index contributed by atoms with van der Waals surface area (Å²) in [7, 11) is 0. The summed E-state index contributed by atoms with van der Waals surface area (Å²) in [6, 6.07) is 0. The lowest BCUT2D eigenvalue weighted by molar-refractivity contribution is -0.353. The Bertz CT molecular complexity index is 453. The molecule has 3 aliphatic carbocycles. The maximum absolute atomic E-state index is 6.36. The van der Waals surface area contributed by atoms with Gasteiger partial charge in [-0.2, -0.15) is 0 Å². The van der Waals surface area contributed by atoms with Crippen LogP contribution in [-0.2, 0) is 18.9 Å². The first-order valence-corrected chi connectivity index (χ1v) is 9.94. The smallest absolute Gasteiger partial charge is 0.155 e. The fourth-order valence-corrected chi connectivity index (χ4v) is 6.53. The van der Waals surface area contributed by atoms with Gasteiger partial charge in [-0.3, -0.25) is 0 Å². The zero-order valence-electron chi connectivity index (χ0n) is 16.5. The Morgan fingerprint density at radius 3 is 1.75 bits per heavy atom. The van der Waals surface area contributed by atoms with Gasteiger partial charge < -0.3 is 18.9 Å². The second-order valence-electron chi connectivity index (χ2n) is 8.20. The van der Waals surface area contributed by atoms with E-state index in [2.05, 4.69) is 20.8 Å². The molecule has 0 bridgehead atoms. The molecule has 3 fully saturated rings. The molecule has 0 aromatic heterocycles. The van der Waals surface area contributed by atoms with Crippen LogP contribution in [0.25, 0.3) is 0 Å². The second kappa shape index (κ2) is 6.53. The highest BCUT2D eigenvalue weighted by Crippen LogP contribution is 2.95. The summed E-state index contributed by atoms with van der Waals surface area (Å²) in [5.41, 5.74) is 0.683. The Labute approximate surface area is 147 Å². The van der Waals surface area contributed by atoms with Crippen molar-refractivity contribution in [3.05, 3.63) is 0 Å². The third-order valence-electron chi connectivity index (χ3n) is 6.94. The molecule has 0 aliphatic heterocycles. The van der Waals surface area contributed by atoms with E-state index in [-0.39, 0.29) is 24.8 Å². The van der Waals surface area contributed by atoms with Crippen LogP contribution in [0.15, 0.2) is 0 Å². The molecule has 0 aromatic rings. The molecule has 0 heterocycles. The summed E-state index contributed by atoms with van der Waals surface area (Å²) in [5, 5.41) is 0. The first-order chi connectivity index (χ1) is 11.4. The van der Waals surface area contributed by atoms with Gasteiger partial charge in [0.25, 0.3) is 0 Å². The summed E-state index contributed by atoms with van der Waals surface area (Å²) < 4.78 is 24.0. The van der Waals surface area contributed by atoms with E-state index in [1.807, 2.05) is 27.7 Å². The molecular formula is C20H36O4. The van der Waals surface area contributed by atoms with E-state index in [9.17, 15) is 0 Å². The van der Waals surface area contributed by atoms with Gasteiger partial charge in [0.2, 0.25) is 0 Å². The van der Waals surface area contributed by atoms with Crippen molar-refractivity contribution in [1.29, 1.82) is 0 Å². The van der Waals surface area contributed by atoms with E-state index in [1.165, 1.54) is 12.8 Å². The standard InChI is InChI=1S/C20H36O4/c1-8-15-16(12(4)5)20-11-19(15,20)17(23-13(6)21-9-2)18(20)24-14(7)22-10-3/h12-18H,8-11H2,1-7H3. The van der Waals surface area contributed by atoms with Crippen molar-refractivity contribution in [2.24, 2.45) is 28.6 Å². The maximum Gasteiger partial charge on any atom is 0.155 e. The molecule has 140 valence electrons. The summed E-state index contributed by atoms with van der Waals surface area (Å²) in [6.45, 7) is 16.5. The Balaban J connectivity index is 1.77. The van der Waals surface area contributed by atoms with Crippen LogP contribution in [0.3, 0.4) is 0 Å². The van der Waals surface area contributed by atoms with Crippen molar-refractivity contribution >= 4 is 0 Å². The molecule has 24 heavy (non-hydrogen) atoms. The van der Waals surface area contributed by atoms with E-state index in [4.69, 9.17) is 18.9 Å². The number of hydrogen-bond acceptors (Lipinski definition) is 4. The van der Waals surface area contributed by atoms with Gasteiger partial charge >= 0.3 is 0 Å². The van der Waals surface area contributed by atoms with Gasteiger partial charge in [0.05, 0.1) is 12.2 Å². The SMILES string of the molecule is CCOC(C)OC1C(OC(C)OCC)C23CC12C(CC)C3C(C)C. The van der Waals surface area contributed by atoms with Gasteiger partial charge in [0.1, 0.15) is 0 Å². The average molecular weight is 341 g/mol. The summed E-state index contributed by atoms with van der Waals surface area (Å²) >= 11 is 0. The number of rotatable bonds is 10. The first kappa shape index (κ1) is 18.6. The molecule has 3 saturated carbocycles. The van der Waals surface area contributed by atoms with Gasteiger partial charge in [-0.15, -0.1) is 0 Å². The van der Waals surface area contributed by atoms with Gasteiger partial charge in [-0.1, -0.05) is 27.2 Å². The van der Waals surface area contributed by atoms with E-state index < -0.39 is 0 Å². The van der Waals surface area contributed by atoms with Crippen molar-refractivity contribution in [2.75, 3.05) is 13.2 Å². The Morgan fingerprint density at radius 1 is 0.833 bits per heavy atom. The molecular weight excluding hydrogens is 304 g/mol. The zero-order valence-corrected chi connectivity index (χ0v) is 16.5. The fourth-order valence-electron chi connectivity index (χ4n) is 6.53.